The van der Waals surface area contributed by atoms with E-state index in [4.69, 9.17) is 10.5 Å². The van der Waals surface area contributed by atoms with E-state index in [0.717, 1.165) is 6.07 Å². The second-order valence-electron chi connectivity index (χ2n) is 4.56. The summed E-state index contributed by atoms with van der Waals surface area (Å²) in [5, 5.41) is 2.41. The lowest BCUT2D eigenvalue weighted by molar-refractivity contribution is -0.130. The van der Waals surface area contributed by atoms with Crippen LogP contribution in [-0.4, -0.2) is 49.6 Å². The first kappa shape index (κ1) is 15.2. The third kappa shape index (κ3) is 2.94. The molecule has 2 amide bonds. The van der Waals surface area contributed by atoms with Gasteiger partial charge in [0.05, 0.1) is 24.5 Å². The molecule has 0 aliphatic carbocycles. The normalized spacial score (nSPS) is 18.4. The Balaban J connectivity index is 2.33. The zero-order valence-corrected chi connectivity index (χ0v) is 11.4. The molecular formula is C13H15F2N3O3. The van der Waals surface area contributed by atoms with Crippen molar-refractivity contribution < 1.29 is 23.1 Å². The number of morpholine rings is 1. The van der Waals surface area contributed by atoms with Gasteiger partial charge in [0.15, 0.2) is 0 Å². The van der Waals surface area contributed by atoms with Gasteiger partial charge in [-0.1, -0.05) is 0 Å². The molecule has 1 aromatic rings. The van der Waals surface area contributed by atoms with Crippen LogP contribution in [0.3, 0.4) is 0 Å². The summed E-state index contributed by atoms with van der Waals surface area (Å²) in [4.78, 5) is 25.3. The van der Waals surface area contributed by atoms with E-state index in [0.29, 0.717) is 6.07 Å². The van der Waals surface area contributed by atoms with Crippen molar-refractivity contribution in [2.45, 2.75) is 6.04 Å². The Morgan fingerprint density at radius 1 is 1.38 bits per heavy atom. The molecule has 1 heterocycles. The van der Waals surface area contributed by atoms with Gasteiger partial charge >= 0.3 is 0 Å². The Morgan fingerprint density at radius 3 is 2.76 bits per heavy atom. The van der Waals surface area contributed by atoms with Crippen LogP contribution in [0.1, 0.15) is 10.4 Å². The highest BCUT2D eigenvalue weighted by atomic mass is 19.1. The summed E-state index contributed by atoms with van der Waals surface area (Å²) < 4.78 is 32.1. The minimum atomic E-state index is -1.02. The summed E-state index contributed by atoms with van der Waals surface area (Å²) in [7, 11) is 1.43. The summed E-state index contributed by atoms with van der Waals surface area (Å²) in [6, 6.07) is 0.628. The predicted molar refractivity (Wildman–Crippen MR) is 70.5 cm³/mol. The van der Waals surface area contributed by atoms with Crippen LogP contribution in [0.2, 0.25) is 0 Å². The van der Waals surface area contributed by atoms with Crippen LogP contribution in [-0.2, 0) is 9.53 Å². The lowest BCUT2D eigenvalue weighted by atomic mass is 10.1. The van der Waals surface area contributed by atoms with Crippen molar-refractivity contribution in [1.29, 1.82) is 0 Å². The van der Waals surface area contributed by atoms with Crippen LogP contribution < -0.4 is 11.1 Å². The Kier molecular flexibility index (Phi) is 4.37. The first-order valence-corrected chi connectivity index (χ1v) is 6.30. The van der Waals surface area contributed by atoms with Gasteiger partial charge in [-0.15, -0.1) is 0 Å². The van der Waals surface area contributed by atoms with Crippen LogP contribution >= 0.6 is 0 Å². The number of anilines is 1. The number of hydrogen-bond acceptors (Lipinski definition) is 4. The highest BCUT2D eigenvalue weighted by molar-refractivity contribution is 5.98. The third-order valence-electron chi connectivity index (χ3n) is 3.26. The van der Waals surface area contributed by atoms with Crippen molar-refractivity contribution in [2.24, 2.45) is 0 Å². The van der Waals surface area contributed by atoms with Gasteiger partial charge in [-0.05, 0) is 6.07 Å². The van der Waals surface area contributed by atoms with Crippen molar-refractivity contribution in [1.82, 2.24) is 10.2 Å². The number of nitrogens with one attached hydrogen (secondary N) is 1. The van der Waals surface area contributed by atoms with Gasteiger partial charge in [0, 0.05) is 19.7 Å². The van der Waals surface area contributed by atoms with Crippen molar-refractivity contribution in [3.05, 3.63) is 29.3 Å². The smallest absolute Gasteiger partial charge is 0.257 e. The number of amides is 2. The average molecular weight is 299 g/mol. The fourth-order valence-corrected chi connectivity index (χ4v) is 2.11. The van der Waals surface area contributed by atoms with Gasteiger partial charge in [-0.25, -0.2) is 8.78 Å². The van der Waals surface area contributed by atoms with E-state index in [9.17, 15) is 18.4 Å². The molecular weight excluding hydrogens is 284 g/mol. The molecule has 114 valence electrons. The fourth-order valence-electron chi connectivity index (χ4n) is 2.11. The zero-order valence-electron chi connectivity index (χ0n) is 11.4. The Hall–Kier alpha value is -2.22. The van der Waals surface area contributed by atoms with Crippen LogP contribution in [0.15, 0.2) is 12.1 Å². The van der Waals surface area contributed by atoms with E-state index in [1.165, 1.54) is 11.9 Å². The summed E-state index contributed by atoms with van der Waals surface area (Å²) in [5.74, 6) is -3.10. The number of rotatable bonds is 2. The quantitative estimate of drug-likeness (QED) is 0.761. The third-order valence-corrected chi connectivity index (χ3v) is 3.26. The van der Waals surface area contributed by atoms with E-state index >= 15 is 0 Å². The van der Waals surface area contributed by atoms with E-state index < -0.39 is 29.5 Å². The molecule has 1 aliphatic heterocycles. The molecule has 3 N–H and O–H groups in total. The molecule has 0 radical (unpaired) electrons. The number of carbonyl (C=O) groups excluding carboxylic acids is 2. The largest absolute Gasteiger partial charge is 0.396 e. The van der Waals surface area contributed by atoms with Crippen molar-refractivity contribution in [3.8, 4) is 0 Å². The molecule has 0 aromatic heterocycles. The summed E-state index contributed by atoms with van der Waals surface area (Å²) in [5.41, 5.74) is 4.66. The number of nitrogens with two attached hydrogens (primary N) is 1. The number of nitrogens with zero attached hydrogens (tertiary/aromatic N) is 1. The molecule has 6 nitrogen and oxygen atoms in total. The van der Waals surface area contributed by atoms with Gasteiger partial charge < -0.3 is 20.7 Å². The zero-order chi connectivity index (χ0) is 15.6. The fraction of sp³-hybridized carbons (Fsp3) is 0.385. The maximum absolute atomic E-state index is 13.8. The first-order chi connectivity index (χ1) is 9.95. The number of carbonyl (C=O) groups is 2. The molecule has 0 bridgehead atoms. The van der Waals surface area contributed by atoms with Gasteiger partial charge in [0.25, 0.3) is 5.91 Å². The van der Waals surface area contributed by atoms with Gasteiger partial charge in [-0.2, -0.15) is 0 Å². The van der Waals surface area contributed by atoms with Crippen molar-refractivity contribution in [3.63, 3.8) is 0 Å². The minimum Gasteiger partial charge on any atom is -0.396 e. The first-order valence-electron chi connectivity index (χ1n) is 6.30. The number of benzene rings is 1. The number of halogens is 2. The number of nitrogen functional groups attached to an aromatic ring is 1. The van der Waals surface area contributed by atoms with Crippen LogP contribution in [0.5, 0.6) is 0 Å². The Labute approximate surface area is 119 Å². The van der Waals surface area contributed by atoms with Gasteiger partial charge in [0.1, 0.15) is 17.7 Å². The lowest BCUT2D eigenvalue weighted by Gasteiger charge is -2.34. The van der Waals surface area contributed by atoms with E-state index in [1.807, 2.05) is 0 Å². The SMILES string of the molecule is CNC(=O)C1COCCN1C(=O)c1cc(N)c(F)cc1F. The second-order valence-corrected chi connectivity index (χ2v) is 4.56. The van der Waals surface area contributed by atoms with Crippen LogP contribution in [0, 0.1) is 11.6 Å². The molecule has 1 saturated heterocycles. The lowest BCUT2D eigenvalue weighted by Crippen LogP contribution is -2.55. The topological polar surface area (TPSA) is 84.7 Å². The Morgan fingerprint density at radius 2 is 2.10 bits per heavy atom. The molecule has 1 aliphatic rings. The maximum Gasteiger partial charge on any atom is 0.257 e. The molecule has 1 unspecified atom stereocenters. The summed E-state index contributed by atoms with van der Waals surface area (Å²) in [6.07, 6.45) is 0. The van der Waals surface area contributed by atoms with E-state index in [2.05, 4.69) is 5.32 Å². The van der Waals surface area contributed by atoms with Crippen molar-refractivity contribution >= 4 is 17.5 Å². The molecule has 0 saturated carbocycles. The Bertz CT molecular complexity index is 580. The number of likely N-dealkylation sites (N-methyl/N-ethyl adjacent to an activating group) is 1. The van der Waals surface area contributed by atoms with Crippen LogP contribution in [0.25, 0.3) is 0 Å². The molecule has 1 atom stereocenters. The number of ether oxygens (including phenoxy) is 1. The minimum absolute atomic E-state index is 0.0176. The molecule has 1 aromatic carbocycles. The van der Waals surface area contributed by atoms with Gasteiger partial charge in [0.2, 0.25) is 5.91 Å². The second kappa shape index (κ2) is 6.04. The molecule has 0 spiro atoms. The van der Waals surface area contributed by atoms with Gasteiger partial charge in [-0.3, -0.25) is 9.59 Å². The molecule has 21 heavy (non-hydrogen) atoms. The molecule has 1 fully saturated rings. The molecule has 2 rings (SSSR count). The highest BCUT2D eigenvalue weighted by Crippen LogP contribution is 2.20. The standard InChI is InChI=1S/C13H15F2N3O3/c1-17-12(19)11-6-21-3-2-18(11)13(20)7-4-10(16)9(15)5-8(7)14/h4-5,11H,2-3,6,16H2,1H3,(H,17,19). The predicted octanol–water partition coefficient (Wildman–Crippen LogP) is 0.134. The van der Waals surface area contributed by atoms with E-state index in [1.54, 1.807) is 0 Å². The van der Waals surface area contributed by atoms with Crippen molar-refractivity contribution in [2.75, 3.05) is 32.5 Å². The summed E-state index contributed by atoms with van der Waals surface area (Å²) in [6.45, 7) is 0.384. The van der Waals surface area contributed by atoms with Crippen LogP contribution in [0.4, 0.5) is 14.5 Å². The molecule has 8 heteroatoms. The maximum atomic E-state index is 13.8. The van der Waals surface area contributed by atoms with E-state index in [-0.39, 0.29) is 31.0 Å². The summed E-state index contributed by atoms with van der Waals surface area (Å²) >= 11 is 0. The monoisotopic (exact) mass is 299 g/mol. The highest BCUT2D eigenvalue weighted by Gasteiger charge is 2.34. The number of hydrogen-bond donors (Lipinski definition) is 2. The average Bonchev–Trinajstić information content (AvgIpc) is 2.49.